The van der Waals surface area contributed by atoms with Crippen molar-refractivity contribution in [1.82, 2.24) is 10.3 Å². The number of hydrogen-bond acceptors (Lipinski definition) is 5. The molecule has 3 N–H and O–H groups in total. The molecule has 0 aliphatic heterocycles. The molecule has 0 radical (unpaired) electrons. The molecular formula is C21H23N3O2S. The zero-order valence-corrected chi connectivity index (χ0v) is 16.1. The van der Waals surface area contributed by atoms with E-state index in [4.69, 9.17) is 0 Å². The van der Waals surface area contributed by atoms with Crippen molar-refractivity contribution in [2.45, 2.75) is 38.6 Å². The van der Waals surface area contributed by atoms with Gasteiger partial charge in [0, 0.05) is 16.3 Å². The standard InChI is InChI=1S/C21H23N3O2S/c1-2-11-22-14-8-10-17-18(12-14)27-21(23-17)24-20(26)16-9-7-13-5-3-4-6-15(13)19(16)25/h3-7,9,14,22,25H,2,8,10-12H2,1H3,(H,23,24,26)/t14-/m0/s1. The molecule has 1 amide bonds. The number of hydrogen-bond donors (Lipinski definition) is 3. The summed E-state index contributed by atoms with van der Waals surface area (Å²) in [7, 11) is 0. The van der Waals surface area contributed by atoms with E-state index in [-0.39, 0.29) is 17.2 Å². The third-order valence-corrected chi connectivity index (χ3v) is 6.02. The number of aryl methyl sites for hydroxylation is 1. The molecule has 0 saturated heterocycles. The van der Waals surface area contributed by atoms with Gasteiger partial charge in [-0.2, -0.15) is 0 Å². The SMILES string of the molecule is CCCN[C@H]1CCc2nc(NC(=O)c3ccc4ccccc4c3O)sc2C1. The van der Waals surface area contributed by atoms with E-state index in [9.17, 15) is 9.90 Å². The Bertz CT molecular complexity index is 983. The van der Waals surface area contributed by atoms with Gasteiger partial charge in [-0.1, -0.05) is 37.3 Å². The van der Waals surface area contributed by atoms with Crippen LogP contribution < -0.4 is 10.6 Å². The first-order chi connectivity index (χ1) is 13.2. The predicted octanol–water partition coefficient (Wildman–Crippen LogP) is 4.11. The molecule has 1 aromatic heterocycles. The van der Waals surface area contributed by atoms with Crippen molar-refractivity contribution in [2.75, 3.05) is 11.9 Å². The number of fused-ring (bicyclic) bond motifs is 2. The van der Waals surface area contributed by atoms with Crippen molar-refractivity contribution in [1.29, 1.82) is 0 Å². The van der Waals surface area contributed by atoms with E-state index in [1.807, 2.05) is 30.3 Å². The Kier molecular flexibility index (Phi) is 5.09. The Morgan fingerprint density at radius 3 is 3.00 bits per heavy atom. The molecular weight excluding hydrogens is 358 g/mol. The molecule has 140 valence electrons. The smallest absolute Gasteiger partial charge is 0.261 e. The van der Waals surface area contributed by atoms with Crippen molar-refractivity contribution in [3.8, 4) is 5.75 Å². The second kappa shape index (κ2) is 7.66. The molecule has 0 bridgehead atoms. The highest BCUT2D eigenvalue weighted by molar-refractivity contribution is 7.15. The number of anilines is 1. The zero-order valence-electron chi connectivity index (χ0n) is 15.3. The van der Waals surface area contributed by atoms with Gasteiger partial charge in [0.05, 0.1) is 11.3 Å². The van der Waals surface area contributed by atoms with Crippen LogP contribution in [-0.2, 0) is 12.8 Å². The molecule has 5 nitrogen and oxygen atoms in total. The summed E-state index contributed by atoms with van der Waals surface area (Å²) in [5, 5.41) is 19.1. The lowest BCUT2D eigenvalue weighted by atomic mass is 9.98. The largest absolute Gasteiger partial charge is 0.506 e. The predicted molar refractivity (Wildman–Crippen MR) is 110 cm³/mol. The molecule has 1 atom stereocenters. The van der Waals surface area contributed by atoms with Crippen LogP contribution in [0.5, 0.6) is 5.75 Å². The number of nitrogens with one attached hydrogen (secondary N) is 2. The quantitative estimate of drug-likeness (QED) is 0.622. The number of phenols is 1. The van der Waals surface area contributed by atoms with Crippen LogP contribution in [0.15, 0.2) is 36.4 Å². The summed E-state index contributed by atoms with van der Waals surface area (Å²) >= 11 is 1.54. The number of carbonyl (C=O) groups is 1. The molecule has 0 unspecified atom stereocenters. The third-order valence-electron chi connectivity index (χ3n) is 4.99. The lowest BCUT2D eigenvalue weighted by Gasteiger charge is -2.21. The highest BCUT2D eigenvalue weighted by Gasteiger charge is 2.23. The van der Waals surface area contributed by atoms with E-state index >= 15 is 0 Å². The first kappa shape index (κ1) is 17.9. The number of nitrogens with zero attached hydrogens (tertiary/aromatic N) is 1. The van der Waals surface area contributed by atoms with E-state index in [2.05, 4.69) is 22.5 Å². The van der Waals surface area contributed by atoms with Crippen molar-refractivity contribution in [3.05, 3.63) is 52.5 Å². The average Bonchev–Trinajstić information content (AvgIpc) is 3.08. The number of phenolic OH excluding ortho intramolecular Hbond substituents is 1. The minimum Gasteiger partial charge on any atom is -0.506 e. The molecule has 4 rings (SSSR count). The fourth-order valence-corrected chi connectivity index (χ4v) is 4.64. The molecule has 0 spiro atoms. The highest BCUT2D eigenvalue weighted by Crippen LogP contribution is 2.32. The van der Waals surface area contributed by atoms with Gasteiger partial charge in [-0.25, -0.2) is 4.98 Å². The van der Waals surface area contributed by atoms with Gasteiger partial charge >= 0.3 is 0 Å². The van der Waals surface area contributed by atoms with Crippen molar-refractivity contribution >= 4 is 33.1 Å². The Balaban J connectivity index is 1.51. The van der Waals surface area contributed by atoms with E-state index < -0.39 is 0 Å². The normalized spacial score (nSPS) is 16.3. The number of carbonyl (C=O) groups excluding carboxylic acids is 1. The van der Waals surface area contributed by atoms with Crippen molar-refractivity contribution in [3.63, 3.8) is 0 Å². The molecule has 3 aromatic rings. The van der Waals surface area contributed by atoms with Crippen LogP contribution >= 0.6 is 11.3 Å². The van der Waals surface area contributed by atoms with Crippen molar-refractivity contribution < 1.29 is 9.90 Å². The van der Waals surface area contributed by atoms with Gasteiger partial charge in [0.25, 0.3) is 5.91 Å². The summed E-state index contributed by atoms with van der Waals surface area (Å²) < 4.78 is 0. The molecule has 1 aliphatic carbocycles. The molecule has 0 saturated carbocycles. The maximum atomic E-state index is 12.7. The molecule has 1 aliphatic rings. The summed E-state index contributed by atoms with van der Waals surface area (Å²) in [6.45, 7) is 3.20. The molecule has 2 aromatic carbocycles. The summed E-state index contributed by atoms with van der Waals surface area (Å²) in [5.74, 6) is -0.319. The Morgan fingerprint density at radius 2 is 2.15 bits per heavy atom. The van der Waals surface area contributed by atoms with Gasteiger partial charge in [-0.05, 0) is 43.7 Å². The third kappa shape index (κ3) is 3.68. The second-order valence-corrected chi connectivity index (χ2v) is 8.00. The highest BCUT2D eigenvalue weighted by atomic mass is 32.1. The summed E-state index contributed by atoms with van der Waals surface area (Å²) in [6.07, 6.45) is 4.10. The van der Waals surface area contributed by atoms with Crippen LogP contribution in [0.3, 0.4) is 0 Å². The van der Waals surface area contributed by atoms with Gasteiger partial charge in [0.2, 0.25) is 0 Å². The molecule has 0 fully saturated rings. The summed E-state index contributed by atoms with van der Waals surface area (Å²) in [6, 6.07) is 11.5. The minimum atomic E-state index is -0.329. The number of aromatic nitrogens is 1. The van der Waals surface area contributed by atoms with Gasteiger partial charge in [-0.15, -0.1) is 11.3 Å². The maximum Gasteiger partial charge on any atom is 0.261 e. The van der Waals surface area contributed by atoms with E-state index in [0.29, 0.717) is 16.6 Å². The fraction of sp³-hybridized carbons (Fsp3) is 0.333. The number of rotatable bonds is 5. The van der Waals surface area contributed by atoms with Crippen LogP contribution in [-0.4, -0.2) is 28.6 Å². The lowest BCUT2D eigenvalue weighted by Crippen LogP contribution is -2.34. The average molecular weight is 382 g/mol. The lowest BCUT2D eigenvalue weighted by molar-refractivity contribution is 0.102. The number of benzene rings is 2. The zero-order chi connectivity index (χ0) is 18.8. The molecule has 6 heteroatoms. The maximum absolute atomic E-state index is 12.7. The minimum absolute atomic E-state index is 0.00995. The monoisotopic (exact) mass is 381 g/mol. The van der Waals surface area contributed by atoms with E-state index in [1.165, 1.54) is 4.88 Å². The first-order valence-corrected chi connectivity index (χ1v) is 10.2. The Hall–Kier alpha value is -2.44. The first-order valence-electron chi connectivity index (χ1n) is 9.39. The Labute approximate surface area is 162 Å². The second-order valence-electron chi connectivity index (χ2n) is 6.92. The summed E-state index contributed by atoms with van der Waals surface area (Å²) in [5.41, 5.74) is 1.36. The molecule has 27 heavy (non-hydrogen) atoms. The Morgan fingerprint density at radius 1 is 1.30 bits per heavy atom. The van der Waals surface area contributed by atoms with Crippen LogP contribution in [0.1, 0.15) is 40.7 Å². The van der Waals surface area contributed by atoms with Crippen LogP contribution in [0.2, 0.25) is 0 Å². The molecule has 1 heterocycles. The van der Waals surface area contributed by atoms with Gasteiger partial charge in [-0.3, -0.25) is 10.1 Å². The van der Waals surface area contributed by atoms with Crippen LogP contribution in [0.4, 0.5) is 5.13 Å². The van der Waals surface area contributed by atoms with Crippen LogP contribution in [0.25, 0.3) is 10.8 Å². The van der Waals surface area contributed by atoms with E-state index in [0.717, 1.165) is 43.3 Å². The summed E-state index contributed by atoms with van der Waals surface area (Å²) in [4.78, 5) is 18.5. The number of amides is 1. The van der Waals surface area contributed by atoms with Gasteiger partial charge < -0.3 is 10.4 Å². The number of thiazole rings is 1. The number of aromatic hydroxyl groups is 1. The van der Waals surface area contributed by atoms with Gasteiger partial charge in [0.15, 0.2) is 5.13 Å². The van der Waals surface area contributed by atoms with Gasteiger partial charge in [0.1, 0.15) is 5.75 Å². The topological polar surface area (TPSA) is 74.2 Å². The van der Waals surface area contributed by atoms with Crippen LogP contribution in [0, 0.1) is 0 Å². The van der Waals surface area contributed by atoms with Crippen molar-refractivity contribution in [2.24, 2.45) is 0 Å². The van der Waals surface area contributed by atoms with E-state index in [1.54, 1.807) is 17.4 Å². The fourth-order valence-electron chi connectivity index (χ4n) is 3.55.